The molecule has 1 aromatic rings. The lowest BCUT2D eigenvalue weighted by atomic mass is 9.91. The lowest BCUT2D eigenvalue weighted by Gasteiger charge is -2.29. The molecule has 3 aliphatic heterocycles. The van der Waals surface area contributed by atoms with Crippen LogP contribution in [0.5, 0.6) is 0 Å². The van der Waals surface area contributed by atoms with Crippen LogP contribution in [0, 0.1) is 5.92 Å². The first-order valence-electron chi connectivity index (χ1n) is 9.59. The summed E-state index contributed by atoms with van der Waals surface area (Å²) in [5, 5.41) is 5.74. The van der Waals surface area contributed by atoms with Gasteiger partial charge in [0, 0.05) is 18.5 Å². The molecule has 3 amide bonds. The summed E-state index contributed by atoms with van der Waals surface area (Å²) in [6.45, 7) is 2.69. The minimum Gasteiger partial charge on any atom is -0.322 e. The van der Waals surface area contributed by atoms with Crippen molar-refractivity contribution in [2.24, 2.45) is 5.92 Å². The van der Waals surface area contributed by atoms with Gasteiger partial charge in [-0.1, -0.05) is 12.1 Å². The van der Waals surface area contributed by atoms with Crippen LogP contribution < -0.4 is 10.6 Å². The topological polar surface area (TPSA) is 78.5 Å². The summed E-state index contributed by atoms with van der Waals surface area (Å²) >= 11 is 0. The molecule has 2 N–H and O–H groups in total. The number of amides is 3. The molecule has 1 atom stereocenters. The van der Waals surface area contributed by atoms with Crippen molar-refractivity contribution in [2.75, 3.05) is 13.1 Å². The van der Waals surface area contributed by atoms with E-state index in [4.69, 9.17) is 0 Å². The lowest BCUT2D eigenvalue weighted by Crippen LogP contribution is -2.52. The Balaban J connectivity index is 0.00000210. The first-order chi connectivity index (χ1) is 12.6. The van der Waals surface area contributed by atoms with Crippen LogP contribution in [0.4, 0.5) is 0 Å². The summed E-state index contributed by atoms with van der Waals surface area (Å²) in [6.07, 6.45) is 5.40. The average Bonchev–Trinajstić information content (AvgIpc) is 2.97. The second-order valence-electron chi connectivity index (χ2n) is 7.62. The van der Waals surface area contributed by atoms with Gasteiger partial charge in [0.25, 0.3) is 5.91 Å². The van der Waals surface area contributed by atoms with Crippen LogP contribution in [0.15, 0.2) is 18.2 Å². The molecule has 146 valence electrons. The summed E-state index contributed by atoms with van der Waals surface area (Å²) in [4.78, 5) is 37.8. The Kier molecular flexibility index (Phi) is 6.17. The van der Waals surface area contributed by atoms with E-state index in [1.54, 1.807) is 4.90 Å². The van der Waals surface area contributed by atoms with Crippen LogP contribution in [0.2, 0.25) is 0 Å². The van der Waals surface area contributed by atoms with Crippen LogP contribution in [-0.2, 0) is 22.6 Å². The molecule has 0 saturated carbocycles. The Labute approximate surface area is 165 Å². The number of imide groups is 1. The number of carbonyl (C=O) groups excluding carboxylic acids is 3. The van der Waals surface area contributed by atoms with Crippen LogP contribution >= 0.6 is 12.4 Å². The van der Waals surface area contributed by atoms with Crippen LogP contribution in [0.1, 0.15) is 53.6 Å². The molecule has 1 unspecified atom stereocenters. The fourth-order valence-electron chi connectivity index (χ4n) is 4.32. The SMILES string of the molecule is Cl.O=C1CCC(N2Cc3cc(CCC4CCNCC4)ccc3C2=O)C(=O)N1. The van der Waals surface area contributed by atoms with Crippen molar-refractivity contribution in [3.63, 3.8) is 0 Å². The van der Waals surface area contributed by atoms with Gasteiger partial charge in [0.2, 0.25) is 11.8 Å². The smallest absolute Gasteiger partial charge is 0.255 e. The van der Waals surface area contributed by atoms with E-state index < -0.39 is 6.04 Å². The van der Waals surface area contributed by atoms with E-state index in [0.717, 1.165) is 31.0 Å². The Morgan fingerprint density at radius 1 is 1.07 bits per heavy atom. The second-order valence-corrected chi connectivity index (χ2v) is 7.62. The minimum absolute atomic E-state index is 0. The van der Waals surface area contributed by atoms with Crippen molar-refractivity contribution in [1.29, 1.82) is 0 Å². The van der Waals surface area contributed by atoms with Gasteiger partial charge in [0.15, 0.2) is 0 Å². The number of carbonyl (C=O) groups is 3. The van der Waals surface area contributed by atoms with E-state index in [-0.39, 0.29) is 36.5 Å². The number of aryl methyl sites for hydroxylation is 1. The van der Waals surface area contributed by atoms with Crippen LogP contribution in [0.3, 0.4) is 0 Å². The van der Waals surface area contributed by atoms with Gasteiger partial charge in [-0.05, 0) is 68.3 Å². The second kappa shape index (κ2) is 8.40. The predicted octanol–water partition coefficient (Wildman–Crippen LogP) is 1.80. The highest BCUT2D eigenvalue weighted by molar-refractivity contribution is 6.05. The van der Waals surface area contributed by atoms with Crippen molar-refractivity contribution in [1.82, 2.24) is 15.5 Å². The largest absolute Gasteiger partial charge is 0.322 e. The molecule has 0 spiro atoms. The molecule has 4 rings (SSSR count). The zero-order valence-corrected chi connectivity index (χ0v) is 16.1. The normalized spacial score (nSPS) is 23.0. The standard InChI is InChI=1S/C20H25N3O3.ClH/c24-18-6-5-17(19(25)22-18)23-12-15-11-14(3-4-16(15)20(23)26)2-1-13-7-9-21-10-8-13;/h3-4,11,13,17,21H,1-2,5-10,12H2,(H,22,24,25);1H. The molecule has 6 nitrogen and oxygen atoms in total. The zero-order valence-electron chi connectivity index (χ0n) is 15.3. The van der Waals surface area contributed by atoms with Crippen molar-refractivity contribution in [2.45, 2.75) is 51.1 Å². The monoisotopic (exact) mass is 391 g/mol. The Hall–Kier alpha value is -1.92. The summed E-state index contributed by atoms with van der Waals surface area (Å²) in [5.41, 5.74) is 2.96. The molecular weight excluding hydrogens is 366 g/mol. The third kappa shape index (κ3) is 4.17. The van der Waals surface area contributed by atoms with Gasteiger partial charge in [-0.15, -0.1) is 12.4 Å². The fourth-order valence-corrected chi connectivity index (χ4v) is 4.32. The summed E-state index contributed by atoms with van der Waals surface area (Å²) in [7, 11) is 0. The molecule has 0 radical (unpaired) electrons. The number of nitrogens with zero attached hydrogens (tertiary/aromatic N) is 1. The highest BCUT2D eigenvalue weighted by atomic mass is 35.5. The van der Waals surface area contributed by atoms with Crippen molar-refractivity contribution >= 4 is 30.1 Å². The Morgan fingerprint density at radius 2 is 1.85 bits per heavy atom. The molecule has 0 bridgehead atoms. The van der Waals surface area contributed by atoms with Gasteiger partial charge in [0.1, 0.15) is 6.04 Å². The third-order valence-corrected chi connectivity index (χ3v) is 5.89. The molecular formula is C20H26ClN3O3. The number of hydrogen-bond acceptors (Lipinski definition) is 4. The van der Waals surface area contributed by atoms with Crippen LogP contribution in [0.25, 0.3) is 0 Å². The minimum atomic E-state index is -0.536. The van der Waals surface area contributed by atoms with Crippen molar-refractivity contribution in [3.05, 3.63) is 34.9 Å². The Bertz CT molecular complexity index is 746. The molecule has 0 aromatic heterocycles. The van der Waals surface area contributed by atoms with E-state index in [0.29, 0.717) is 18.5 Å². The highest BCUT2D eigenvalue weighted by Crippen LogP contribution is 2.29. The molecule has 7 heteroatoms. The zero-order chi connectivity index (χ0) is 18.1. The molecule has 2 saturated heterocycles. The molecule has 3 heterocycles. The fraction of sp³-hybridized carbons (Fsp3) is 0.550. The molecule has 27 heavy (non-hydrogen) atoms. The van der Waals surface area contributed by atoms with E-state index in [9.17, 15) is 14.4 Å². The van der Waals surface area contributed by atoms with E-state index >= 15 is 0 Å². The van der Waals surface area contributed by atoms with Crippen LogP contribution in [-0.4, -0.2) is 41.8 Å². The van der Waals surface area contributed by atoms with Gasteiger partial charge in [-0.2, -0.15) is 0 Å². The van der Waals surface area contributed by atoms with Gasteiger partial charge in [0.05, 0.1) is 0 Å². The average molecular weight is 392 g/mol. The number of rotatable bonds is 4. The molecule has 2 fully saturated rings. The number of nitrogens with one attached hydrogen (secondary N) is 2. The first-order valence-corrected chi connectivity index (χ1v) is 9.59. The van der Waals surface area contributed by atoms with Gasteiger partial charge >= 0.3 is 0 Å². The van der Waals surface area contributed by atoms with Crippen molar-refractivity contribution in [3.8, 4) is 0 Å². The maximum Gasteiger partial charge on any atom is 0.255 e. The maximum absolute atomic E-state index is 12.7. The van der Waals surface area contributed by atoms with E-state index in [2.05, 4.69) is 16.7 Å². The number of hydrogen-bond donors (Lipinski definition) is 2. The van der Waals surface area contributed by atoms with E-state index in [1.165, 1.54) is 24.8 Å². The molecule has 1 aromatic carbocycles. The number of fused-ring (bicyclic) bond motifs is 1. The summed E-state index contributed by atoms with van der Waals surface area (Å²) in [5.74, 6) is 0.0784. The number of piperidine rings is 2. The summed E-state index contributed by atoms with van der Waals surface area (Å²) in [6, 6.07) is 5.54. The lowest BCUT2D eigenvalue weighted by molar-refractivity contribution is -0.136. The van der Waals surface area contributed by atoms with Gasteiger partial charge in [-0.3, -0.25) is 19.7 Å². The summed E-state index contributed by atoms with van der Waals surface area (Å²) < 4.78 is 0. The Morgan fingerprint density at radius 3 is 2.59 bits per heavy atom. The van der Waals surface area contributed by atoms with Crippen molar-refractivity contribution < 1.29 is 14.4 Å². The molecule has 0 aliphatic carbocycles. The number of benzene rings is 1. The third-order valence-electron chi connectivity index (χ3n) is 5.89. The first kappa shape index (κ1) is 19.8. The van der Waals surface area contributed by atoms with E-state index in [1.807, 2.05) is 12.1 Å². The molecule has 3 aliphatic rings. The predicted molar refractivity (Wildman–Crippen MR) is 104 cm³/mol. The quantitative estimate of drug-likeness (QED) is 0.767. The maximum atomic E-state index is 12.7. The van der Waals surface area contributed by atoms with Gasteiger partial charge in [-0.25, -0.2) is 0 Å². The van der Waals surface area contributed by atoms with Gasteiger partial charge < -0.3 is 10.2 Å². The highest BCUT2D eigenvalue weighted by Gasteiger charge is 2.39. The number of halogens is 1.